The quantitative estimate of drug-likeness (QED) is 0.312. The van der Waals surface area contributed by atoms with E-state index in [0.717, 1.165) is 6.20 Å². The van der Waals surface area contributed by atoms with Crippen molar-refractivity contribution in [3.8, 4) is 6.07 Å². The van der Waals surface area contributed by atoms with Crippen LogP contribution in [-0.2, 0) is 21.1 Å². The number of amides is 3. The minimum atomic E-state index is -0.757. The summed E-state index contributed by atoms with van der Waals surface area (Å²) in [6.07, 6.45) is 1.09. The molecule has 0 aliphatic carbocycles. The number of hydrogen-bond acceptors (Lipinski definition) is 9. The Bertz CT molecular complexity index is 1340. The van der Waals surface area contributed by atoms with E-state index in [0.29, 0.717) is 0 Å². The van der Waals surface area contributed by atoms with Gasteiger partial charge in [-0.3, -0.25) is 23.7 Å². The molecule has 3 rings (SSSR count). The van der Waals surface area contributed by atoms with Gasteiger partial charge >= 0.3 is 17.5 Å². The third kappa shape index (κ3) is 4.88. The van der Waals surface area contributed by atoms with Crippen molar-refractivity contribution in [2.45, 2.75) is 13.0 Å². The molecular formula is C18H19N11O5. The molecule has 16 heteroatoms. The second kappa shape index (κ2) is 9.20. The van der Waals surface area contributed by atoms with Crippen molar-refractivity contribution in [3.63, 3.8) is 0 Å². The first-order chi connectivity index (χ1) is 16.0. The summed E-state index contributed by atoms with van der Waals surface area (Å²) >= 11 is 0. The molecule has 3 N–H and O–H groups in total. The molecule has 0 bridgehead atoms. The van der Waals surface area contributed by atoms with Crippen molar-refractivity contribution in [2.24, 2.45) is 21.1 Å². The lowest BCUT2D eigenvalue weighted by Crippen LogP contribution is -2.32. The van der Waals surface area contributed by atoms with Crippen LogP contribution in [0.15, 0.2) is 18.3 Å². The average molecular weight is 469 g/mol. The normalized spacial score (nSPS) is 11.4. The lowest BCUT2D eigenvalue weighted by atomic mass is 10.3. The van der Waals surface area contributed by atoms with Gasteiger partial charge in [-0.15, -0.1) is 0 Å². The molecule has 0 spiro atoms. The van der Waals surface area contributed by atoms with E-state index in [1.54, 1.807) is 0 Å². The molecule has 3 amide bonds. The zero-order chi connectivity index (χ0) is 25.2. The number of nitrogens with zero attached hydrogens (tertiary/aromatic N) is 8. The Kier molecular flexibility index (Phi) is 6.38. The SMILES string of the molecule is CC(C#N)NC(=O)c1cc(NC(=O)c2cc(NC(=O)c3nc([N+](=O)[O-])cn3C)nn2C)nn1C. The van der Waals surface area contributed by atoms with Crippen LogP contribution in [0.5, 0.6) is 0 Å². The van der Waals surface area contributed by atoms with Gasteiger partial charge in [-0.2, -0.15) is 15.5 Å². The van der Waals surface area contributed by atoms with E-state index < -0.39 is 34.5 Å². The second-order valence-corrected chi connectivity index (χ2v) is 7.10. The largest absolute Gasteiger partial charge is 0.382 e. The highest BCUT2D eigenvalue weighted by molar-refractivity contribution is 6.05. The van der Waals surface area contributed by atoms with Crippen LogP contribution in [0.2, 0.25) is 0 Å². The zero-order valence-corrected chi connectivity index (χ0v) is 18.4. The van der Waals surface area contributed by atoms with Gasteiger partial charge in [-0.05, 0) is 16.8 Å². The summed E-state index contributed by atoms with van der Waals surface area (Å²) in [6, 6.07) is 3.80. The summed E-state index contributed by atoms with van der Waals surface area (Å²) in [5, 5.41) is 35.2. The molecule has 3 aromatic heterocycles. The highest BCUT2D eigenvalue weighted by atomic mass is 16.6. The van der Waals surface area contributed by atoms with Gasteiger partial charge in [0.1, 0.15) is 23.6 Å². The highest BCUT2D eigenvalue weighted by Crippen LogP contribution is 2.15. The monoisotopic (exact) mass is 469 g/mol. The van der Waals surface area contributed by atoms with E-state index in [4.69, 9.17) is 5.26 Å². The number of carbonyl (C=O) groups excluding carboxylic acids is 3. The number of aryl methyl sites for hydroxylation is 3. The van der Waals surface area contributed by atoms with Gasteiger partial charge in [-0.25, -0.2) is 0 Å². The van der Waals surface area contributed by atoms with E-state index in [-0.39, 0.29) is 28.8 Å². The zero-order valence-electron chi connectivity index (χ0n) is 18.4. The van der Waals surface area contributed by atoms with Crippen LogP contribution in [-0.4, -0.2) is 57.8 Å². The molecular weight excluding hydrogens is 450 g/mol. The lowest BCUT2D eigenvalue weighted by Gasteiger charge is -2.05. The average Bonchev–Trinajstić information content (AvgIpc) is 3.44. The molecule has 0 saturated carbocycles. The third-order valence-corrected chi connectivity index (χ3v) is 4.50. The summed E-state index contributed by atoms with van der Waals surface area (Å²) in [5.74, 6) is -2.53. The van der Waals surface area contributed by atoms with E-state index in [9.17, 15) is 24.5 Å². The first kappa shape index (κ1) is 23.6. The Morgan fingerprint density at radius 3 is 2.06 bits per heavy atom. The summed E-state index contributed by atoms with van der Waals surface area (Å²) < 4.78 is 3.64. The maximum Gasteiger partial charge on any atom is 0.382 e. The molecule has 16 nitrogen and oxygen atoms in total. The molecule has 1 unspecified atom stereocenters. The van der Waals surface area contributed by atoms with Gasteiger partial charge in [0, 0.05) is 33.3 Å². The molecule has 0 radical (unpaired) electrons. The summed E-state index contributed by atoms with van der Waals surface area (Å²) in [4.78, 5) is 51.1. The Morgan fingerprint density at radius 1 is 1.03 bits per heavy atom. The Morgan fingerprint density at radius 2 is 1.56 bits per heavy atom. The first-order valence-corrected chi connectivity index (χ1v) is 9.59. The molecule has 3 heterocycles. The number of anilines is 2. The van der Waals surface area contributed by atoms with Crippen molar-refractivity contribution >= 4 is 35.2 Å². The smallest absolute Gasteiger partial charge is 0.358 e. The van der Waals surface area contributed by atoms with E-state index in [2.05, 4.69) is 31.1 Å². The number of carbonyl (C=O) groups is 3. The number of rotatable bonds is 7. The number of hydrogen-bond donors (Lipinski definition) is 3. The maximum absolute atomic E-state index is 12.7. The van der Waals surface area contributed by atoms with Crippen molar-refractivity contribution in [1.29, 1.82) is 5.26 Å². The number of nitro groups is 1. The van der Waals surface area contributed by atoms with Crippen LogP contribution in [0.1, 0.15) is 38.5 Å². The molecule has 0 saturated heterocycles. The molecule has 176 valence electrons. The highest BCUT2D eigenvalue weighted by Gasteiger charge is 2.25. The number of nitrogens with one attached hydrogen (secondary N) is 3. The predicted molar refractivity (Wildman–Crippen MR) is 115 cm³/mol. The fourth-order valence-electron chi connectivity index (χ4n) is 2.89. The van der Waals surface area contributed by atoms with E-state index in [1.165, 1.54) is 54.1 Å². The van der Waals surface area contributed by atoms with Crippen molar-refractivity contribution < 1.29 is 19.3 Å². The van der Waals surface area contributed by atoms with Crippen LogP contribution in [0, 0.1) is 21.4 Å². The van der Waals surface area contributed by atoms with Crippen LogP contribution in [0.25, 0.3) is 0 Å². The Hall–Kier alpha value is -5.07. The Balaban J connectivity index is 1.72. The maximum atomic E-state index is 12.7. The fourth-order valence-corrected chi connectivity index (χ4v) is 2.89. The van der Waals surface area contributed by atoms with Crippen LogP contribution in [0.3, 0.4) is 0 Å². The molecule has 0 fully saturated rings. The number of imidazole rings is 1. The Labute approximate surface area is 191 Å². The molecule has 0 aliphatic rings. The first-order valence-electron chi connectivity index (χ1n) is 9.59. The molecule has 3 aromatic rings. The van der Waals surface area contributed by atoms with Gasteiger partial charge in [0.2, 0.25) is 0 Å². The van der Waals surface area contributed by atoms with Crippen molar-refractivity contribution in [3.05, 3.63) is 45.7 Å². The van der Waals surface area contributed by atoms with Crippen LogP contribution in [0.4, 0.5) is 17.5 Å². The lowest BCUT2D eigenvalue weighted by molar-refractivity contribution is -0.389. The topological polar surface area (TPSA) is 208 Å². The summed E-state index contributed by atoms with van der Waals surface area (Å²) in [5.41, 5.74) is 0.176. The van der Waals surface area contributed by atoms with Crippen LogP contribution >= 0.6 is 0 Å². The summed E-state index contributed by atoms with van der Waals surface area (Å²) in [6.45, 7) is 1.52. The molecule has 0 aliphatic heterocycles. The van der Waals surface area contributed by atoms with Gasteiger partial charge in [0.15, 0.2) is 11.6 Å². The minimum Gasteiger partial charge on any atom is -0.358 e. The molecule has 0 aromatic carbocycles. The number of aromatic nitrogens is 6. The van der Waals surface area contributed by atoms with Gasteiger partial charge in [-0.1, -0.05) is 0 Å². The third-order valence-electron chi connectivity index (χ3n) is 4.50. The van der Waals surface area contributed by atoms with Crippen LogP contribution < -0.4 is 16.0 Å². The minimum absolute atomic E-state index is 0.00915. The summed E-state index contributed by atoms with van der Waals surface area (Å²) in [7, 11) is 4.40. The van der Waals surface area contributed by atoms with E-state index >= 15 is 0 Å². The van der Waals surface area contributed by atoms with Gasteiger partial charge in [0.05, 0.1) is 6.07 Å². The second-order valence-electron chi connectivity index (χ2n) is 7.10. The van der Waals surface area contributed by atoms with Gasteiger partial charge < -0.3 is 30.6 Å². The molecule has 1 atom stereocenters. The number of nitriles is 1. The standard InChI is InChI=1S/C18H19N11O5/c1-9(7-19)20-16(30)10-5-12(24-27(10)3)21-17(31)11-6-13(25-28(11)4)22-18(32)15-23-14(29(33)34)8-26(15)2/h5-6,8-9H,1-4H3,(H,20,30)(H,21,24,31)(H,22,25,32). The van der Waals surface area contributed by atoms with Crippen molar-refractivity contribution in [2.75, 3.05) is 10.6 Å². The van der Waals surface area contributed by atoms with Crippen molar-refractivity contribution in [1.82, 2.24) is 34.4 Å². The van der Waals surface area contributed by atoms with Gasteiger partial charge in [0.25, 0.3) is 11.8 Å². The molecule has 34 heavy (non-hydrogen) atoms. The van der Waals surface area contributed by atoms with E-state index in [1.807, 2.05) is 6.07 Å². The fraction of sp³-hybridized carbons (Fsp3) is 0.278. The predicted octanol–water partition coefficient (Wildman–Crippen LogP) is -0.0582.